The molecule has 2 bridgehead atoms. The molecule has 1 heterocycles. The molecule has 0 spiro atoms. The first-order valence-corrected chi connectivity index (χ1v) is 8.52. The minimum atomic E-state index is -0.228. The highest BCUT2D eigenvalue weighted by Gasteiger charge is 2.39. The van der Waals surface area contributed by atoms with Crippen molar-refractivity contribution in [1.29, 1.82) is 0 Å². The van der Waals surface area contributed by atoms with E-state index in [-0.39, 0.29) is 12.1 Å². The fourth-order valence-electron chi connectivity index (χ4n) is 4.23. The van der Waals surface area contributed by atoms with Gasteiger partial charge in [0.25, 0.3) is 0 Å². The Kier molecular flexibility index (Phi) is 3.84. The van der Waals surface area contributed by atoms with Gasteiger partial charge in [-0.15, -0.1) is 0 Å². The third-order valence-electron chi connectivity index (χ3n) is 5.34. The summed E-state index contributed by atoms with van der Waals surface area (Å²) < 4.78 is 0.682. The molecule has 1 aromatic heterocycles. The molecule has 0 aliphatic heterocycles. The fourth-order valence-corrected chi connectivity index (χ4v) is 4.23. The first-order chi connectivity index (χ1) is 11.7. The van der Waals surface area contributed by atoms with Gasteiger partial charge in [0.2, 0.25) is 6.20 Å². The van der Waals surface area contributed by atoms with Crippen LogP contribution >= 0.6 is 0 Å². The maximum Gasteiger partial charge on any atom is 0.319 e. The predicted molar refractivity (Wildman–Crippen MR) is 91.4 cm³/mol. The van der Waals surface area contributed by atoms with Crippen molar-refractivity contribution in [2.75, 3.05) is 5.32 Å². The van der Waals surface area contributed by atoms with E-state index in [1.165, 1.54) is 23.5 Å². The number of nitrogens with zero attached hydrogens (tertiary/aromatic N) is 1. The molecule has 1 saturated carbocycles. The Morgan fingerprint density at radius 1 is 1.04 bits per heavy atom. The van der Waals surface area contributed by atoms with E-state index in [1.807, 2.05) is 0 Å². The van der Waals surface area contributed by atoms with E-state index in [4.69, 9.17) is 0 Å². The molecule has 24 heavy (non-hydrogen) atoms. The lowest BCUT2D eigenvalue weighted by molar-refractivity contribution is -0.604. The molecule has 0 radical (unpaired) electrons. The van der Waals surface area contributed by atoms with Crippen molar-refractivity contribution in [3.8, 4) is 0 Å². The Morgan fingerprint density at radius 3 is 2.33 bits per heavy atom. The molecule has 2 unspecified atom stereocenters. The number of rotatable bonds is 2. The summed E-state index contributed by atoms with van der Waals surface area (Å²) in [5.41, 5.74) is 3.36. The van der Waals surface area contributed by atoms with Gasteiger partial charge in [-0.25, -0.2) is 4.79 Å². The van der Waals surface area contributed by atoms with Crippen molar-refractivity contribution < 1.29 is 9.52 Å². The van der Waals surface area contributed by atoms with E-state index < -0.39 is 0 Å². The number of carbonyl (C=O) groups is 1. The number of hydrogen-bond acceptors (Lipinski definition) is 2. The van der Waals surface area contributed by atoms with Gasteiger partial charge < -0.3 is 15.8 Å². The number of aromatic nitrogens is 1. The normalized spacial score (nSPS) is 24.8. The van der Waals surface area contributed by atoms with Gasteiger partial charge in [-0.3, -0.25) is 0 Å². The SMILES string of the molecule is O=C(Nc1ccc[n+]([O-])c1)NC1C2CCC1Cc1ccccc1C2. The van der Waals surface area contributed by atoms with E-state index in [2.05, 4.69) is 34.9 Å². The third-order valence-corrected chi connectivity index (χ3v) is 5.34. The van der Waals surface area contributed by atoms with E-state index in [0.29, 0.717) is 22.3 Å². The molecule has 5 nitrogen and oxygen atoms in total. The molecule has 124 valence electrons. The molecule has 1 fully saturated rings. The largest absolute Gasteiger partial charge is 0.619 e. The Hall–Kier alpha value is -2.56. The molecule has 2 aliphatic carbocycles. The molecular weight excluding hydrogens is 302 g/mol. The lowest BCUT2D eigenvalue weighted by atomic mass is 9.94. The van der Waals surface area contributed by atoms with E-state index in [1.54, 1.807) is 12.1 Å². The molecule has 5 heteroatoms. The quantitative estimate of drug-likeness (QED) is 0.659. The van der Waals surface area contributed by atoms with Crippen LogP contribution < -0.4 is 15.4 Å². The number of fused-ring (bicyclic) bond motifs is 3. The lowest BCUT2D eigenvalue weighted by Gasteiger charge is -2.23. The minimum Gasteiger partial charge on any atom is -0.619 e. The van der Waals surface area contributed by atoms with Crippen LogP contribution in [0.4, 0.5) is 10.5 Å². The molecule has 4 rings (SSSR count). The van der Waals surface area contributed by atoms with E-state index >= 15 is 0 Å². The second kappa shape index (κ2) is 6.15. The molecule has 0 saturated heterocycles. The van der Waals surface area contributed by atoms with Gasteiger partial charge in [-0.2, -0.15) is 4.73 Å². The standard InChI is InChI=1S/C19H21N3O2/c23-19(20-17-6-3-9-22(24)12-17)21-18-15-7-8-16(18)11-14-5-2-1-4-13(14)10-15/h1-6,9,12,15-16,18H,7-8,10-11H2,(H2,20,21,23). The average molecular weight is 323 g/mol. The molecule has 1 aromatic carbocycles. The Labute approximate surface area is 141 Å². The van der Waals surface area contributed by atoms with Crippen LogP contribution in [0.1, 0.15) is 24.0 Å². The number of hydrogen-bond donors (Lipinski definition) is 2. The number of nitrogens with one attached hydrogen (secondary N) is 2. The number of anilines is 1. The fraction of sp³-hybridized carbons (Fsp3) is 0.368. The van der Waals surface area contributed by atoms with Gasteiger partial charge >= 0.3 is 6.03 Å². The number of carbonyl (C=O) groups excluding carboxylic acids is 1. The zero-order valence-corrected chi connectivity index (χ0v) is 13.4. The molecule has 2 N–H and O–H groups in total. The second-order valence-corrected chi connectivity index (χ2v) is 6.85. The Bertz CT molecular complexity index is 729. The van der Waals surface area contributed by atoms with Crippen LogP contribution in [0.15, 0.2) is 48.8 Å². The average Bonchev–Trinajstić information content (AvgIpc) is 2.82. The first-order valence-electron chi connectivity index (χ1n) is 8.52. The summed E-state index contributed by atoms with van der Waals surface area (Å²) >= 11 is 0. The second-order valence-electron chi connectivity index (χ2n) is 6.85. The summed E-state index contributed by atoms with van der Waals surface area (Å²) in [6.07, 6.45) is 7.14. The molecule has 2 aromatic rings. The van der Waals surface area contributed by atoms with Crippen LogP contribution in [0.3, 0.4) is 0 Å². The molecule has 2 aliphatic rings. The Morgan fingerprint density at radius 2 is 1.71 bits per heavy atom. The van der Waals surface area contributed by atoms with Crippen molar-refractivity contribution in [2.24, 2.45) is 11.8 Å². The lowest BCUT2D eigenvalue weighted by Crippen LogP contribution is -2.44. The van der Waals surface area contributed by atoms with Crippen LogP contribution in [0.5, 0.6) is 0 Å². The smallest absolute Gasteiger partial charge is 0.319 e. The molecule has 2 atom stereocenters. The highest BCUT2D eigenvalue weighted by atomic mass is 16.5. The number of amides is 2. The first kappa shape index (κ1) is 15.0. The molecule has 2 amide bonds. The van der Waals surface area contributed by atoms with Crippen LogP contribution in [-0.2, 0) is 12.8 Å². The number of benzene rings is 1. The summed E-state index contributed by atoms with van der Waals surface area (Å²) in [5, 5.41) is 17.2. The topological polar surface area (TPSA) is 68.1 Å². The summed E-state index contributed by atoms with van der Waals surface area (Å²) in [7, 11) is 0. The van der Waals surface area contributed by atoms with Gasteiger partial charge in [0.15, 0.2) is 6.20 Å². The highest BCUT2D eigenvalue weighted by molar-refractivity contribution is 5.89. The van der Waals surface area contributed by atoms with Crippen molar-refractivity contribution in [3.63, 3.8) is 0 Å². The number of pyridine rings is 1. The van der Waals surface area contributed by atoms with Crippen LogP contribution in [0, 0.1) is 17.0 Å². The number of urea groups is 1. The summed E-state index contributed by atoms with van der Waals surface area (Å²) in [6, 6.07) is 11.9. The predicted octanol–water partition coefficient (Wildman–Crippen LogP) is 2.64. The van der Waals surface area contributed by atoms with Gasteiger partial charge in [-0.05, 0) is 54.7 Å². The highest BCUT2D eigenvalue weighted by Crippen LogP contribution is 2.40. The van der Waals surface area contributed by atoms with Crippen molar-refractivity contribution in [1.82, 2.24) is 5.32 Å². The third kappa shape index (κ3) is 2.94. The van der Waals surface area contributed by atoms with Gasteiger partial charge in [0.05, 0.1) is 0 Å². The summed E-state index contributed by atoms with van der Waals surface area (Å²) in [5.74, 6) is 0.981. The zero-order valence-electron chi connectivity index (χ0n) is 13.4. The minimum absolute atomic E-state index is 0.195. The monoisotopic (exact) mass is 323 g/mol. The maximum absolute atomic E-state index is 12.4. The van der Waals surface area contributed by atoms with E-state index in [9.17, 15) is 10.0 Å². The van der Waals surface area contributed by atoms with Crippen molar-refractivity contribution >= 4 is 11.7 Å². The van der Waals surface area contributed by atoms with Crippen molar-refractivity contribution in [3.05, 3.63) is 65.1 Å². The van der Waals surface area contributed by atoms with Crippen molar-refractivity contribution in [2.45, 2.75) is 31.7 Å². The summed E-state index contributed by atoms with van der Waals surface area (Å²) in [6.45, 7) is 0. The van der Waals surface area contributed by atoms with Crippen LogP contribution in [0.2, 0.25) is 0 Å². The summed E-state index contributed by atoms with van der Waals surface area (Å²) in [4.78, 5) is 12.4. The van der Waals surface area contributed by atoms with Gasteiger partial charge in [0, 0.05) is 12.1 Å². The Balaban J connectivity index is 1.46. The van der Waals surface area contributed by atoms with Crippen LogP contribution in [-0.4, -0.2) is 12.1 Å². The zero-order chi connectivity index (χ0) is 16.5. The molecular formula is C19H21N3O2. The van der Waals surface area contributed by atoms with Gasteiger partial charge in [0.1, 0.15) is 5.69 Å². The van der Waals surface area contributed by atoms with E-state index in [0.717, 1.165) is 25.7 Å². The van der Waals surface area contributed by atoms with Crippen LogP contribution in [0.25, 0.3) is 0 Å². The van der Waals surface area contributed by atoms with Gasteiger partial charge in [-0.1, -0.05) is 24.3 Å². The maximum atomic E-state index is 12.4.